The van der Waals surface area contributed by atoms with Gasteiger partial charge in [-0.3, -0.25) is 4.79 Å². The molecule has 16 heavy (non-hydrogen) atoms. The minimum Gasteiger partial charge on any atom is -0.481 e. The fourth-order valence-corrected chi connectivity index (χ4v) is 1.30. The molecule has 1 aromatic carbocycles. The van der Waals surface area contributed by atoms with Crippen molar-refractivity contribution in [3.63, 3.8) is 0 Å². The first-order valence-electron chi connectivity index (χ1n) is 5.14. The van der Waals surface area contributed by atoms with Gasteiger partial charge in [0.25, 0.3) is 0 Å². The Morgan fingerprint density at radius 3 is 2.62 bits per heavy atom. The van der Waals surface area contributed by atoms with Crippen LogP contribution in [0.5, 0.6) is 0 Å². The average molecular weight is 218 g/mol. The van der Waals surface area contributed by atoms with Gasteiger partial charge in [-0.25, -0.2) is 0 Å². The molecule has 0 saturated heterocycles. The summed E-state index contributed by atoms with van der Waals surface area (Å²) >= 11 is 0. The number of hydrogen-bond acceptors (Lipinski definition) is 3. The molecule has 84 valence electrons. The zero-order valence-corrected chi connectivity index (χ0v) is 8.94. The van der Waals surface area contributed by atoms with Crippen molar-refractivity contribution in [2.75, 3.05) is 11.9 Å². The van der Waals surface area contributed by atoms with E-state index in [2.05, 4.69) is 11.4 Å². The van der Waals surface area contributed by atoms with Gasteiger partial charge >= 0.3 is 5.97 Å². The van der Waals surface area contributed by atoms with Crippen molar-refractivity contribution >= 4 is 11.7 Å². The van der Waals surface area contributed by atoms with Gasteiger partial charge in [0.05, 0.1) is 12.5 Å². The summed E-state index contributed by atoms with van der Waals surface area (Å²) in [6.07, 6.45) is 1.20. The van der Waals surface area contributed by atoms with E-state index in [-0.39, 0.29) is 6.42 Å². The van der Waals surface area contributed by atoms with Crippen molar-refractivity contribution in [3.8, 4) is 6.07 Å². The second kappa shape index (κ2) is 6.46. The Kier molecular flexibility index (Phi) is 4.87. The van der Waals surface area contributed by atoms with E-state index in [9.17, 15) is 4.79 Å². The van der Waals surface area contributed by atoms with Crippen LogP contribution in [0.2, 0.25) is 0 Å². The average Bonchev–Trinajstić information content (AvgIpc) is 2.27. The van der Waals surface area contributed by atoms with Crippen molar-refractivity contribution in [2.24, 2.45) is 0 Å². The van der Waals surface area contributed by atoms with Gasteiger partial charge < -0.3 is 10.4 Å². The molecule has 0 spiro atoms. The molecule has 4 nitrogen and oxygen atoms in total. The van der Waals surface area contributed by atoms with E-state index < -0.39 is 5.97 Å². The van der Waals surface area contributed by atoms with Crippen LogP contribution in [0.15, 0.2) is 24.3 Å². The van der Waals surface area contributed by atoms with Gasteiger partial charge in [-0.2, -0.15) is 5.26 Å². The van der Waals surface area contributed by atoms with Crippen LogP contribution >= 0.6 is 0 Å². The number of benzene rings is 1. The summed E-state index contributed by atoms with van der Waals surface area (Å²) in [7, 11) is 0. The van der Waals surface area contributed by atoms with E-state index in [0.29, 0.717) is 19.4 Å². The molecule has 0 aromatic heterocycles. The summed E-state index contributed by atoms with van der Waals surface area (Å²) in [4.78, 5) is 10.3. The second-order valence-corrected chi connectivity index (χ2v) is 3.46. The number of nitrogens with one attached hydrogen (secondary N) is 1. The van der Waals surface area contributed by atoms with Gasteiger partial charge in [-0.1, -0.05) is 12.1 Å². The first-order chi connectivity index (χ1) is 7.72. The Morgan fingerprint density at radius 2 is 2.06 bits per heavy atom. The quantitative estimate of drug-likeness (QED) is 0.716. The van der Waals surface area contributed by atoms with E-state index in [1.54, 1.807) is 0 Å². The van der Waals surface area contributed by atoms with Crippen LogP contribution in [0.3, 0.4) is 0 Å². The van der Waals surface area contributed by atoms with E-state index in [4.69, 9.17) is 10.4 Å². The maximum Gasteiger partial charge on any atom is 0.303 e. The SMILES string of the molecule is N#CCc1ccc(NCCCC(=O)O)cc1. The number of nitrogens with zero attached hydrogens (tertiary/aromatic N) is 1. The molecular weight excluding hydrogens is 204 g/mol. The third kappa shape index (κ3) is 4.47. The number of aliphatic carboxylic acids is 1. The van der Waals surface area contributed by atoms with Gasteiger partial charge in [-0.15, -0.1) is 0 Å². The van der Waals surface area contributed by atoms with E-state index in [1.165, 1.54) is 0 Å². The predicted octanol–water partition coefficient (Wildman–Crippen LogP) is 2.03. The molecule has 0 aliphatic rings. The second-order valence-electron chi connectivity index (χ2n) is 3.46. The number of rotatable bonds is 6. The maximum atomic E-state index is 10.3. The van der Waals surface area contributed by atoms with Crippen LogP contribution in [0, 0.1) is 11.3 Å². The number of hydrogen-bond donors (Lipinski definition) is 2. The normalized spacial score (nSPS) is 9.44. The molecule has 0 bridgehead atoms. The van der Waals surface area contributed by atoms with Crippen LogP contribution < -0.4 is 5.32 Å². The molecule has 0 amide bonds. The van der Waals surface area contributed by atoms with Gasteiger partial charge in [0.15, 0.2) is 0 Å². The third-order valence-corrected chi connectivity index (χ3v) is 2.13. The summed E-state index contributed by atoms with van der Waals surface area (Å²) in [5, 5.41) is 20.1. The van der Waals surface area contributed by atoms with Gasteiger partial charge in [0, 0.05) is 18.7 Å². The van der Waals surface area contributed by atoms with Crippen molar-refractivity contribution in [2.45, 2.75) is 19.3 Å². The lowest BCUT2D eigenvalue weighted by Gasteiger charge is -2.05. The van der Waals surface area contributed by atoms with Crippen LogP contribution in [0.4, 0.5) is 5.69 Å². The number of carbonyl (C=O) groups is 1. The summed E-state index contributed by atoms with van der Waals surface area (Å²) in [5.41, 5.74) is 1.94. The third-order valence-electron chi connectivity index (χ3n) is 2.13. The first-order valence-corrected chi connectivity index (χ1v) is 5.14. The molecule has 0 aliphatic carbocycles. The molecule has 0 saturated carbocycles. The largest absolute Gasteiger partial charge is 0.481 e. The fourth-order valence-electron chi connectivity index (χ4n) is 1.30. The molecule has 1 rings (SSSR count). The highest BCUT2D eigenvalue weighted by Gasteiger charge is 1.97. The molecule has 0 aliphatic heterocycles. The number of carboxylic acid groups (broad SMARTS) is 1. The Morgan fingerprint density at radius 1 is 1.38 bits per heavy atom. The van der Waals surface area contributed by atoms with Gasteiger partial charge in [0.2, 0.25) is 0 Å². The zero-order chi connectivity index (χ0) is 11.8. The Hall–Kier alpha value is -2.02. The Labute approximate surface area is 94.5 Å². The molecule has 0 radical (unpaired) electrons. The highest BCUT2D eigenvalue weighted by Crippen LogP contribution is 2.09. The highest BCUT2D eigenvalue weighted by atomic mass is 16.4. The van der Waals surface area contributed by atoms with Crippen molar-refractivity contribution in [3.05, 3.63) is 29.8 Å². The summed E-state index contributed by atoms with van der Waals surface area (Å²) in [6, 6.07) is 9.66. The number of carboxylic acids is 1. The van der Waals surface area contributed by atoms with E-state index in [0.717, 1.165) is 11.3 Å². The number of nitriles is 1. The lowest BCUT2D eigenvalue weighted by Crippen LogP contribution is -2.04. The molecule has 1 aromatic rings. The Balaban J connectivity index is 2.32. The lowest BCUT2D eigenvalue weighted by atomic mass is 10.1. The molecule has 0 atom stereocenters. The summed E-state index contributed by atoms with van der Waals surface area (Å²) < 4.78 is 0. The van der Waals surface area contributed by atoms with Crippen LogP contribution in [0.1, 0.15) is 18.4 Å². The fraction of sp³-hybridized carbons (Fsp3) is 0.333. The van der Waals surface area contributed by atoms with Crippen molar-refractivity contribution < 1.29 is 9.90 Å². The molecule has 2 N–H and O–H groups in total. The van der Waals surface area contributed by atoms with Crippen molar-refractivity contribution in [1.82, 2.24) is 0 Å². The minimum atomic E-state index is -0.772. The maximum absolute atomic E-state index is 10.3. The van der Waals surface area contributed by atoms with Crippen LogP contribution in [-0.4, -0.2) is 17.6 Å². The lowest BCUT2D eigenvalue weighted by molar-refractivity contribution is -0.137. The summed E-state index contributed by atoms with van der Waals surface area (Å²) in [6.45, 7) is 0.643. The number of anilines is 1. The van der Waals surface area contributed by atoms with E-state index >= 15 is 0 Å². The van der Waals surface area contributed by atoms with Crippen LogP contribution in [0.25, 0.3) is 0 Å². The summed E-state index contributed by atoms with van der Waals surface area (Å²) in [5.74, 6) is -0.772. The zero-order valence-electron chi connectivity index (χ0n) is 8.94. The molecule has 0 fully saturated rings. The molecular formula is C12H14N2O2. The van der Waals surface area contributed by atoms with E-state index in [1.807, 2.05) is 24.3 Å². The molecule has 4 heteroatoms. The standard InChI is InChI=1S/C12H14N2O2/c13-8-7-10-3-5-11(6-4-10)14-9-1-2-12(15)16/h3-6,14H,1-2,7,9H2,(H,15,16). The van der Waals surface area contributed by atoms with Crippen LogP contribution in [-0.2, 0) is 11.2 Å². The van der Waals surface area contributed by atoms with Crippen molar-refractivity contribution in [1.29, 1.82) is 5.26 Å². The van der Waals surface area contributed by atoms with Gasteiger partial charge in [-0.05, 0) is 24.1 Å². The topological polar surface area (TPSA) is 73.1 Å². The monoisotopic (exact) mass is 218 g/mol. The smallest absolute Gasteiger partial charge is 0.303 e. The molecule has 0 unspecified atom stereocenters. The highest BCUT2D eigenvalue weighted by molar-refractivity contribution is 5.66. The Bertz CT molecular complexity index is 379. The molecule has 0 heterocycles. The minimum absolute atomic E-state index is 0.180. The first kappa shape index (κ1) is 12.1. The van der Waals surface area contributed by atoms with Gasteiger partial charge in [0.1, 0.15) is 0 Å². The predicted molar refractivity (Wildman–Crippen MR) is 61.1 cm³/mol.